The first-order valence-corrected chi connectivity index (χ1v) is 1.30. The van der Waals surface area contributed by atoms with Gasteiger partial charge >= 0.3 is 101 Å². The van der Waals surface area contributed by atoms with Crippen molar-refractivity contribution >= 4 is 12.3 Å². The van der Waals surface area contributed by atoms with E-state index in [2.05, 4.69) is 0 Å². The second-order valence-electron chi connectivity index (χ2n) is 0.565. The molecule has 0 amide bonds. The number of carboxylic acid groups (broad SMARTS) is 4. The SMILES string of the molecule is O=C(O)O.O=C(O)O.[H-].[H-].[H-].[Na+].[Na+].[Na+]. The van der Waals surface area contributed by atoms with Gasteiger partial charge in [0.05, 0.1) is 0 Å². The van der Waals surface area contributed by atoms with Gasteiger partial charge in [0.2, 0.25) is 0 Å². The Morgan fingerprint density at radius 1 is 0.727 bits per heavy atom. The first-order valence-electron chi connectivity index (χ1n) is 1.30. The summed E-state index contributed by atoms with van der Waals surface area (Å²) in [7, 11) is 0. The van der Waals surface area contributed by atoms with E-state index in [1.807, 2.05) is 0 Å². The van der Waals surface area contributed by atoms with Crippen molar-refractivity contribution in [3.63, 3.8) is 0 Å². The molecule has 6 nitrogen and oxygen atoms in total. The molecule has 0 aliphatic rings. The van der Waals surface area contributed by atoms with E-state index in [1.165, 1.54) is 0 Å². The van der Waals surface area contributed by atoms with Crippen LogP contribution in [0.25, 0.3) is 0 Å². The molecule has 0 aliphatic heterocycles. The fraction of sp³-hybridized carbons (Fsp3) is 0. The normalized spacial score (nSPS) is 4.36. The Balaban J connectivity index is -0.00000000600. The summed E-state index contributed by atoms with van der Waals surface area (Å²) in [5.74, 6) is 0. The first-order chi connectivity index (χ1) is 3.46. The van der Waals surface area contributed by atoms with Crippen molar-refractivity contribution in [3.8, 4) is 0 Å². The van der Waals surface area contributed by atoms with Crippen LogP contribution in [0.1, 0.15) is 4.28 Å². The molecule has 0 spiro atoms. The van der Waals surface area contributed by atoms with E-state index in [0.29, 0.717) is 0 Å². The summed E-state index contributed by atoms with van der Waals surface area (Å²) in [6.07, 6.45) is -3.67. The van der Waals surface area contributed by atoms with Crippen LogP contribution in [0.15, 0.2) is 0 Å². The van der Waals surface area contributed by atoms with E-state index >= 15 is 0 Å². The zero-order valence-electron chi connectivity index (χ0n) is 9.61. The fourth-order valence-electron chi connectivity index (χ4n) is 0. The minimum atomic E-state index is -1.83. The molecule has 54 valence electrons. The van der Waals surface area contributed by atoms with Crippen molar-refractivity contribution < 1.29 is 123 Å². The van der Waals surface area contributed by atoms with Crippen LogP contribution < -0.4 is 88.7 Å². The first kappa shape index (κ1) is 29.4. The Morgan fingerprint density at radius 2 is 0.727 bits per heavy atom. The Bertz CT molecular complexity index is 84.3. The summed E-state index contributed by atoms with van der Waals surface area (Å²) in [5, 5.41) is 27.9. The van der Waals surface area contributed by atoms with Gasteiger partial charge in [-0.3, -0.25) is 0 Å². The molecule has 0 fully saturated rings. The average molecular weight is 196 g/mol. The van der Waals surface area contributed by atoms with Gasteiger partial charge in [-0.1, -0.05) is 0 Å². The van der Waals surface area contributed by atoms with Gasteiger partial charge in [0, 0.05) is 0 Å². The topological polar surface area (TPSA) is 115 Å². The predicted octanol–water partition coefficient (Wildman–Crippen LogP) is -8.21. The molecule has 9 heteroatoms. The van der Waals surface area contributed by atoms with Crippen LogP contribution in [0.2, 0.25) is 0 Å². The molecule has 0 unspecified atom stereocenters. The van der Waals surface area contributed by atoms with Crippen molar-refractivity contribution in [3.05, 3.63) is 0 Å². The van der Waals surface area contributed by atoms with Gasteiger partial charge in [-0.05, 0) is 0 Å². The van der Waals surface area contributed by atoms with Crippen LogP contribution >= 0.6 is 0 Å². The average Bonchev–Trinajstić information content (AvgIpc) is 1.25. The molecule has 0 bridgehead atoms. The maximum Gasteiger partial charge on any atom is 1.00 e. The van der Waals surface area contributed by atoms with Crippen molar-refractivity contribution in [1.29, 1.82) is 0 Å². The Labute approximate surface area is 133 Å². The second kappa shape index (κ2) is 22.5. The predicted molar refractivity (Wildman–Crippen MR) is 24.6 cm³/mol. The van der Waals surface area contributed by atoms with E-state index in [0.717, 1.165) is 0 Å². The Hall–Kier alpha value is 1.54. The number of rotatable bonds is 0. The third kappa shape index (κ3) is 443. The van der Waals surface area contributed by atoms with Gasteiger partial charge in [0.15, 0.2) is 0 Å². The smallest absolute Gasteiger partial charge is 1.00 e. The van der Waals surface area contributed by atoms with Crippen molar-refractivity contribution in [1.82, 2.24) is 0 Å². The monoisotopic (exact) mass is 196 g/mol. The fourth-order valence-corrected chi connectivity index (χ4v) is 0. The summed E-state index contributed by atoms with van der Waals surface area (Å²) < 4.78 is 0. The molecule has 0 aromatic heterocycles. The van der Waals surface area contributed by atoms with E-state index in [4.69, 9.17) is 30.0 Å². The molecule has 0 aliphatic carbocycles. The summed E-state index contributed by atoms with van der Waals surface area (Å²) in [4.78, 5) is 17.1. The van der Waals surface area contributed by atoms with Crippen LogP contribution in [0.5, 0.6) is 0 Å². The standard InChI is InChI=1S/2CH2O3.3Na.3H/c2*2-1(3)4;;;;;;/h2*(H2,2,3,4);;;;;;/q;;3*+1;3*-1. The van der Waals surface area contributed by atoms with Crippen molar-refractivity contribution in [2.24, 2.45) is 0 Å². The number of hydrogen-bond acceptors (Lipinski definition) is 2. The van der Waals surface area contributed by atoms with Gasteiger partial charge in [-0.2, -0.15) is 0 Å². The number of carbonyl (C=O) groups is 2. The van der Waals surface area contributed by atoms with E-state index in [1.54, 1.807) is 0 Å². The molecule has 0 saturated carbocycles. The summed E-state index contributed by atoms with van der Waals surface area (Å²) in [6, 6.07) is 0. The molecular formula is C2H7Na3O6. The summed E-state index contributed by atoms with van der Waals surface area (Å²) in [6.45, 7) is 0. The van der Waals surface area contributed by atoms with Crippen LogP contribution in [-0.2, 0) is 0 Å². The molecular weight excluding hydrogens is 189 g/mol. The van der Waals surface area contributed by atoms with Gasteiger partial charge in [-0.25, -0.2) is 9.59 Å². The molecule has 0 heterocycles. The van der Waals surface area contributed by atoms with Crippen LogP contribution in [0, 0.1) is 0 Å². The molecule has 0 rings (SSSR count). The van der Waals surface area contributed by atoms with Gasteiger partial charge in [0.25, 0.3) is 0 Å². The minimum Gasteiger partial charge on any atom is -1.00 e. The third-order valence-corrected chi connectivity index (χ3v) is 0. The van der Waals surface area contributed by atoms with Crippen molar-refractivity contribution in [2.45, 2.75) is 0 Å². The zero-order chi connectivity index (χ0) is 7.15. The molecule has 0 radical (unpaired) electrons. The van der Waals surface area contributed by atoms with E-state index in [-0.39, 0.29) is 93.0 Å². The molecule has 0 aromatic rings. The van der Waals surface area contributed by atoms with E-state index in [9.17, 15) is 0 Å². The van der Waals surface area contributed by atoms with Gasteiger partial charge in [0.1, 0.15) is 0 Å². The second-order valence-corrected chi connectivity index (χ2v) is 0.565. The molecule has 11 heavy (non-hydrogen) atoms. The number of hydrogen-bond donors (Lipinski definition) is 4. The summed E-state index contributed by atoms with van der Waals surface area (Å²) in [5.41, 5.74) is 0. The zero-order valence-corrected chi connectivity index (χ0v) is 12.6. The van der Waals surface area contributed by atoms with Crippen molar-refractivity contribution in [2.75, 3.05) is 0 Å². The molecule has 0 saturated heterocycles. The third-order valence-electron chi connectivity index (χ3n) is 0. The quantitative estimate of drug-likeness (QED) is 0.286. The van der Waals surface area contributed by atoms with Crippen LogP contribution in [0.4, 0.5) is 9.59 Å². The Morgan fingerprint density at radius 3 is 0.727 bits per heavy atom. The van der Waals surface area contributed by atoms with Crippen LogP contribution in [0.3, 0.4) is 0 Å². The van der Waals surface area contributed by atoms with Gasteiger partial charge in [-0.15, -0.1) is 0 Å². The van der Waals surface area contributed by atoms with Crippen LogP contribution in [-0.4, -0.2) is 32.7 Å². The Kier molecular flexibility index (Phi) is 60.2. The summed E-state index contributed by atoms with van der Waals surface area (Å²) >= 11 is 0. The van der Waals surface area contributed by atoms with Gasteiger partial charge < -0.3 is 24.7 Å². The minimum absolute atomic E-state index is 0. The molecule has 0 atom stereocenters. The maximum atomic E-state index is 8.56. The molecule has 0 aromatic carbocycles. The van der Waals surface area contributed by atoms with E-state index < -0.39 is 12.3 Å². The maximum absolute atomic E-state index is 8.56. The molecule has 4 N–H and O–H groups in total. The largest absolute Gasteiger partial charge is 1.00 e.